The van der Waals surface area contributed by atoms with E-state index in [0.717, 1.165) is 105 Å². The molecule has 5 heteroatoms. The van der Waals surface area contributed by atoms with Crippen LogP contribution >= 0.6 is 0 Å². The Balaban J connectivity index is 1.01. The van der Waals surface area contributed by atoms with Gasteiger partial charge < -0.3 is 4.42 Å². The van der Waals surface area contributed by atoms with Crippen LogP contribution in [0.5, 0.6) is 0 Å². The first-order valence-electron chi connectivity index (χ1n) is 20.5. The second-order valence-electron chi connectivity index (χ2n) is 16.6. The molecule has 13 rings (SSSR count). The highest BCUT2D eigenvalue weighted by atomic mass is 16.3. The molecule has 7 aromatic carbocycles. The molecule has 1 aliphatic rings. The lowest BCUT2D eigenvalue weighted by Crippen LogP contribution is -2.15. The summed E-state index contributed by atoms with van der Waals surface area (Å²) in [4.78, 5) is 19.9. The molecule has 5 heterocycles. The van der Waals surface area contributed by atoms with Crippen molar-refractivity contribution in [3.63, 3.8) is 0 Å². The minimum Gasteiger partial charge on any atom is -0.455 e. The van der Waals surface area contributed by atoms with Crippen molar-refractivity contribution in [3.05, 3.63) is 181 Å². The molecule has 0 radical (unpaired) electrons. The van der Waals surface area contributed by atoms with Gasteiger partial charge in [0, 0.05) is 66.8 Å². The van der Waals surface area contributed by atoms with E-state index < -0.39 is 0 Å². The molecule has 5 aromatic heterocycles. The average molecular weight is 767 g/mol. The van der Waals surface area contributed by atoms with E-state index in [-0.39, 0.29) is 5.41 Å². The minimum absolute atomic E-state index is 0.324. The van der Waals surface area contributed by atoms with Gasteiger partial charge in [-0.15, -0.1) is 0 Å². The van der Waals surface area contributed by atoms with E-state index in [1.54, 1.807) is 0 Å². The Morgan fingerprint density at radius 1 is 0.433 bits per heavy atom. The first-order valence-corrected chi connectivity index (χ1v) is 20.5. The van der Waals surface area contributed by atoms with Gasteiger partial charge in [-0.1, -0.05) is 129 Å². The number of pyridine rings is 4. The van der Waals surface area contributed by atoms with Gasteiger partial charge in [-0.2, -0.15) is 0 Å². The molecule has 0 spiro atoms. The second kappa shape index (κ2) is 12.1. The Morgan fingerprint density at radius 3 is 1.72 bits per heavy atom. The van der Waals surface area contributed by atoms with Crippen molar-refractivity contribution in [2.24, 2.45) is 0 Å². The maximum absolute atomic E-state index is 6.96. The number of rotatable bonds is 3. The SMILES string of the molecule is CC1(C)c2cc(-c3ccc4ccc5cccnc5c4n3)ccc2-c2c1cc(-c1ccc(-c3ccc4ccc5cccnc5c4n3)c3ccccc13)c1c2oc2ccccc21. The van der Waals surface area contributed by atoms with Crippen molar-refractivity contribution in [2.75, 3.05) is 0 Å². The number of hydrogen-bond donors (Lipinski definition) is 0. The van der Waals surface area contributed by atoms with Crippen LogP contribution in [0.1, 0.15) is 25.0 Å². The van der Waals surface area contributed by atoms with Crippen LogP contribution in [0.2, 0.25) is 0 Å². The van der Waals surface area contributed by atoms with E-state index in [2.05, 4.69) is 159 Å². The van der Waals surface area contributed by atoms with Crippen LogP contribution in [0.3, 0.4) is 0 Å². The third kappa shape index (κ3) is 4.63. The predicted molar refractivity (Wildman–Crippen MR) is 246 cm³/mol. The fourth-order valence-electron chi connectivity index (χ4n) is 9.97. The van der Waals surface area contributed by atoms with Crippen molar-refractivity contribution in [1.29, 1.82) is 0 Å². The first kappa shape index (κ1) is 33.2. The van der Waals surface area contributed by atoms with E-state index in [9.17, 15) is 0 Å². The molecule has 0 fully saturated rings. The molecular weight excluding hydrogens is 733 g/mol. The summed E-state index contributed by atoms with van der Waals surface area (Å²) in [6.07, 6.45) is 3.69. The summed E-state index contributed by atoms with van der Waals surface area (Å²) in [5.41, 5.74) is 16.4. The van der Waals surface area contributed by atoms with E-state index >= 15 is 0 Å². The predicted octanol–water partition coefficient (Wildman–Crippen LogP) is 14.2. The molecule has 0 unspecified atom stereocenters. The lowest BCUT2D eigenvalue weighted by Gasteiger charge is -2.23. The van der Waals surface area contributed by atoms with Gasteiger partial charge in [0.25, 0.3) is 0 Å². The number of furan rings is 1. The van der Waals surface area contributed by atoms with E-state index in [0.29, 0.717) is 0 Å². The summed E-state index contributed by atoms with van der Waals surface area (Å²) in [5.74, 6) is 0. The van der Waals surface area contributed by atoms with Gasteiger partial charge in [0.1, 0.15) is 11.2 Å². The summed E-state index contributed by atoms with van der Waals surface area (Å²) in [6, 6.07) is 56.2. The van der Waals surface area contributed by atoms with Gasteiger partial charge in [0.15, 0.2) is 0 Å². The number of para-hydroxylation sites is 1. The highest BCUT2D eigenvalue weighted by Gasteiger charge is 2.39. The van der Waals surface area contributed by atoms with E-state index in [4.69, 9.17) is 24.4 Å². The van der Waals surface area contributed by atoms with Crippen LogP contribution in [0.4, 0.5) is 0 Å². The zero-order chi connectivity index (χ0) is 39.7. The zero-order valence-electron chi connectivity index (χ0n) is 32.9. The number of nitrogens with zero attached hydrogens (tertiary/aromatic N) is 4. The van der Waals surface area contributed by atoms with Crippen LogP contribution in [0.25, 0.3) is 121 Å². The molecule has 0 N–H and O–H groups in total. The summed E-state index contributed by atoms with van der Waals surface area (Å²) in [7, 11) is 0. The maximum Gasteiger partial charge on any atom is 0.144 e. The molecule has 0 atom stereocenters. The average Bonchev–Trinajstić information content (AvgIpc) is 3.80. The molecule has 5 nitrogen and oxygen atoms in total. The van der Waals surface area contributed by atoms with Crippen molar-refractivity contribution in [1.82, 2.24) is 19.9 Å². The second-order valence-corrected chi connectivity index (χ2v) is 16.6. The van der Waals surface area contributed by atoms with Crippen molar-refractivity contribution < 1.29 is 4.42 Å². The molecule has 280 valence electrons. The fourth-order valence-corrected chi connectivity index (χ4v) is 9.97. The highest BCUT2D eigenvalue weighted by Crippen LogP contribution is 2.56. The number of fused-ring (bicyclic) bond motifs is 14. The largest absolute Gasteiger partial charge is 0.455 e. The van der Waals surface area contributed by atoms with E-state index in [1.165, 1.54) is 27.6 Å². The normalized spacial score (nSPS) is 13.3. The van der Waals surface area contributed by atoms with Gasteiger partial charge in [-0.25, -0.2) is 9.97 Å². The Kier molecular flexibility index (Phi) is 6.72. The third-order valence-electron chi connectivity index (χ3n) is 12.9. The number of aromatic nitrogens is 4. The summed E-state index contributed by atoms with van der Waals surface area (Å²) >= 11 is 0. The van der Waals surface area contributed by atoms with Crippen LogP contribution in [-0.2, 0) is 5.41 Å². The molecule has 0 aliphatic heterocycles. The van der Waals surface area contributed by atoms with Crippen LogP contribution in [0, 0.1) is 0 Å². The summed E-state index contributed by atoms with van der Waals surface area (Å²) < 4.78 is 6.96. The quantitative estimate of drug-likeness (QED) is 0.168. The van der Waals surface area contributed by atoms with Gasteiger partial charge in [-0.3, -0.25) is 9.97 Å². The van der Waals surface area contributed by atoms with Gasteiger partial charge in [-0.05, 0) is 81.1 Å². The maximum atomic E-state index is 6.96. The Labute approximate surface area is 344 Å². The molecule has 0 bridgehead atoms. The Bertz CT molecular complexity index is 3820. The van der Waals surface area contributed by atoms with Crippen molar-refractivity contribution >= 4 is 76.3 Å². The molecule has 1 aliphatic carbocycles. The molecule has 0 amide bonds. The zero-order valence-corrected chi connectivity index (χ0v) is 32.9. The van der Waals surface area contributed by atoms with E-state index in [1.807, 2.05) is 24.5 Å². The fraction of sp³-hybridized carbons (Fsp3) is 0.0545. The number of hydrogen-bond acceptors (Lipinski definition) is 5. The first-order chi connectivity index (χ1) is 29.5. The van der Waals surface area contributed by atoms with Crippen LogP contribution < -0.4 is 0 Å². The standard InChI is InChI=1S/C55H34N4O/c1-55(2)43-29-35(45-25-20-33-17-15-31-9-7-27-56-50(31)52(33)58-45)19-22-40(43)49-44(55)30-42(48-41-13-5-6-14-47(41)60-54(48)49)38-23-24-39(37-12-4-3-11-36(37)38)46-26-21-34-18-16-32-10-8-28-57-51(32)53(34)59-46/h3-30H,1-2H3. The lowest BCUT2D eigenvalue weighted by molar-refractivity contribution is 0.653. The topological polar surface area (TPSA) is 64.7 Å². The van der Waals surface area contributed by atoms with Crippen molar-refractivity contribution in [2.45, 2.75) is 19.3 Å². The van der Waals surface area contributed by atoms with Gasteiger partial charge >= 0.3 is 0 Å². The third-order valence-corrected chi connectivity index (χ3v) is 12.9. The Morgan fingerprint density at radius 2 is 1.00 bits per heavy atom. The molecule has 0 saturated carbocycles. The highest BCUT2D eigenvalue weighted by molar-refractivity contribution is 6.21. The molecular formula is C55H34N4O. The monoisotopic (exact) mass is 766 g/mol. The van der Waals surface area contributed by atoms with Crippen molar-refractivity contribution in [3.8, 4) is 44.8 Å². The summed E-state index contributed by atoms with van der Waals surface area (Å²) in [5, 5.41) is 8.89. The van der Waals surface area contributed by atoms with Gasteiger partial charge in [0.2, 0.25) is 0 Å². The Hall–Kier alpha value is -7.76. The molecule has 12 aromatic rings. The van der Waals surface area contributed by atoms with Gasteiger partial charge in [0.05, 0.1) is 33.5 Å². The molecule has 60 heavy (non-hydrogen) atoms. The number of benzene rings is 7. The lowest BCUT2D eigenvalue weighted by atomic mass is 9.80. The van der Waals surface area contributed by atoms with Crippen LogP contribution in [-0.4, -0.2) is 19.9 Å². The summed E-state index contributed by atoms with van der Waals surface area (Å²) in [6.45, 7) is 4.69. The minimum atomic E-state index is -0.324. The smallest absolute Gasteiger partial charge is 0.144 e. The molecule has 0 saturated heterocycles. The van der Waals surface area contributed by atoms with Crippen LogP contribution in [0.15, 0.2) is 175 Å².